The van der Waals surface area contributed by atoms with Crippen molar-refractivity contribution in [2.24, 2.45) is 5.11 Å². The van der Waals surface area contributed by atoms with Crippen LogP contribution in [-0.4, -0.2) is 12.6 Å². The summed E-state index contributed by atoms with van der Waals surface area (Å²) in [7, 11) is 0. The van der Waals surface area contributed by atoms with Crippen molar-refractivity contribution in [3.8, 4) is 16.9 Å². The SMILES string of the molecule is [N-]=[N+]=NC[C@H]1Cc2cc(F)cc(-c3c(F)cccc3Cl)c2O1. The molecule has 0 aromatic heterocycles. The van der Waals surface area contributed by atoms with Crippen LogP contribution in [0.25, 0.3) is 21.6 Å². The van der Waals surface area contributed by atoms with Crippen LogP contribution in [0.3, 0.4) is 0 Å². The van der Waals surface area contributed by atoms with Crippen molar-refractivity contribution < 1.29 is 13.5 Å². The summed E-state index contributed by atoms with van der Waals surface area (Å²) in [6.07, 6.45) is 0.00237. The van der Waals surface area contributed by atoms with Crippen LogP contribution in [0.5, 0.6) is 5.75 Å². The van der Waals surface area contributed by atoms with Crippen LogP contribution in [0, 0.1) is 11.6 Å². The predicted molar refractivity (Wildman–Crippen MR) is 78.9 cm³/mol. The monoisotopic (exact) mass is 321 g/mol. The zero-order valence-corrected chi connectivity index (χ0v) is 12.0. The van der Waals surface area contributed by atoms with Crippen molar-refractivity contribution in [2.75, 3.05) is 6.54 Å². The first-order chi connectivity index (χ1) is 10.6. The van der Waals surface area contributed by atoms with E-state index in [-0.39, 0.29) is 22.7 Å². The average molecular weight is 322 g/mol. The van der Waals surface area contributed by atoms with E-state index in [1.54, 1.807) is 0 Å². The lowest BCUT2D eigenvalue weighted by molar-refractivity contribution is 0.242. The van der Waals surface area contributed by atoms with Crippen LogP contribution in [0.4, 0.5) is 8.78 Å². The molecule has 1 aliphatic heterocycles. The molecule has 112 valence electrons. The largest absolute Gasteiger partial charge is 0.489 e. The summed E-state index contributed by atoms with van der Waals surface area (Å²) in [6.45, 7) is 0.122. The summed E-state index contributed by atoms with van der Waals surface area (Å²) >= 11 is 6.05. The topological polar surface area (TPSA) is 58.0 Å². The van der Waals surface area contributed by atoms with Crippen molar-refractivity contribution in [1.82, 2.24) is 0 Å². The van der Waals surface area contributed by atoms with Crippen molar-refractivity contribution in [2.45, 2.75) is 12.5 Å². The molecule has 0 fully saturated rings. The molecule has 0 N–H and O–H groups in total. The highest BCUT2D eigenvalue weighted by atomic mass is 35.5. The molecule has 0 spiro atoms. The number of azide groups is 1. The number of fused-ring (bicyclic) bond motifs is 1. The van der Waals surface area contributed by atoms with Crippen LogP contribution < -0.4 is 4.74 Å². The Kier molecular flexibility index (Phi) is 3.88. The molecule has 0 aliphatic carbocycles. The van der Waals surface area contributed by atoms with Crippen LogP contribution in [0.2, 0.25) is 5.02 Å². The zero-order chi connectivity index (χ0) is 15.7. The maximum absolute atomic E-state index is 14.1. The molecule has 4 nitrogen and oxygen atoms in total. The molecular formula is C15H10ClF2N3O. The standard InChI is InChI=1S/C15H10ClF2N3O/c16-12-2-1-3-13(18)14(12)11-6-9(17)4-8-5-10(7-20-21-19)22-15(8)11/h1-4,6,10H,5,7H2/t10-/m1/s1. The van der Waals surface area contributed by atoms with Gasteiger partial charge in [0.1, 0.15) is 23.5 Å². The van der Waals surface area contributed by atoms with Gasteiger partial charge in [-0.2, -0.15) is 0 Å². The number of nitrogens with zero attached hydrogens (tertiary/aromatic N) is 3. The number of ether oxygens (including phenoxy) is 1. The molecule has 7 heteroatoms. The Balaban J connectivity index is 2.10. The Morgan fingerprint density at radius 2 is 2.18 bits per heavy atom. The zero-order valence-electron chi connectivity index (χ0n) is 11.3. The maximum atomic E-state index is 14.1. The Morgan fingerprint density at radius 1 is 1.36 bits per heavy atom. The molecule has 2 aromatic rings. The van der Waals surface area contributed by atoms with E-state index in [2.05, 4.69) is 10.0 Å². The Bertz CT molecular complexity index is 770. The molecule has 3 rings (SSSR count). The number of benzene rings is 2. The summed E-state index contributed by atoms with van der Waals surface area (Å²) in [5.41, 5.74) is 9.34. The van der Waals surface area contributed by atoms with E-state index in [0.717, 1.165) is 0 Å². The smallest absolute Gasteiger partial charge is 0.132 e. The van der Waals surface area contributed by atoms with Gasteiger partial charge in [0.05, 0.1) is 11.6 Å². The van der Waals surface area contributed by atoms with Crippen LogP contribution in [0.15, 0.2) is 35.4 Å². The van der Waals surface area contributed by atoms with E-state index in [9.17, 15) is 8.78 Å². The lowest BCUT2D eigenvalue weighted by atomic mass is 9.99. The van der Waals surface area contributed by atoms with E-state index >= 15 is 0 Å². The normalized spacial score (nSPS) is 15.9. The third kappa shape index (κ3) is 2.58. The van der Waals surface area contributed by atoms with Crippen molar-refractivity contribution in [3.63, 3.8) is 0 Å². The molecule has 0 saturated carbocycles. The van der Waals surface area contributed by atoms with Gasteiger partial charge in [-0.1, -0.05) is 22.8 Å². The van der Waals surface area contributed by atoms with Gasteiger partial charge in [-0.05, 0) is 29.8 Å². The highest BCUT2D eigenvalue weighted by Crippen LogP contribution is 2.43. The summed E-state index contributed by atoms with van der Waals surface area (Å²) < 4.78 is 33.7. The van der Waals surface area contributed by atoms with Crippen molar-refractivity contribution >= 4 is 11.6 Å². The maximum Gasteiger partial charge on any atom is 0.132 e. The Labute approximate surface area is 129 Å². The molecule has 22 heavy (non-hydrogen) atoms. The fourth-order valence-corrected chi connectivity index (χ4v) is 2.83. The van der Waals surface area contributed by atoms with Gasteiger partial charge >= 0.3 is 0 Å². The molecule has 1 aliphatic rings. The molecule has 0 bridgehead atoms. The second-order valence-corrected chi connectivity index (χ2v) is 5.30. The number of rotatable bonds is 3. The van der Waals surface area contributed by atoms with Gasteiger partial charge in [-0.25, -0.2) is 8.78 Å². The van der Waals surface area contributed by atoms with Gasteiger partial charge in [-0.3, -0.25) is 0 Å². The van der Waals surface area contributed by atoms with Gasteiger partial charge < -0.3 is 4.74 Å². The summed E-state index contributed by atoms with van der Waals surface area (Å²) in [4.78, 5) is 2.68. The lowest BCUT2D eigenvalue weighted by Crippen LogP contribution is -2.16. The predicted octanol–water partition coefficient (Wildman–Crippen LogP) is 4.90. The fourth-order valence-electron chi connectivity index (χ4n) is 2.56. The van der Waals surface area contributed by atoms with E-state index < -0.39 is 17.7 Å². The number of hydrogen-bond acceptors (Lipinski definition) is 2. The molecule has 0 saturated heterocycles. The van der Waals surface area contributed by atoms with Crippen molar-refractivity contribution in [1.29, 1.82) is 0 Å². The first-order valence-corrected chi connectivity index (χ1v) is 6.92. The van der Waals surface area contributed by atoms with Crippen LogP contribution in [0.1, 0.15) is 5.56 Å². The molecule has 0 radical (unpaired) electrons. The first-order valence-electron chi connectivity index (χ1n) is 6.54. The third-order valence-electron chi connectivity index (χ3n) is 3.44. The molecule has 2 aromatic carbocycles. The molecular weight excluding hydrogens is 312 g/mol. The van der Waals surface area contributed by atoms with E-state index in [1.807, 2.05) is 0 Å². The number of hydrogen-bond donors (Lipinski definition) is 0. The molecule has 1 atom stereocenters. The molecule has 0 unspecified atom stereocenters. The van der Waals surface area contributed by atoms with Gasteiger partial charge in [0.25, 0.3) is 0 Å². The van der Waals surface area contributed by atoms with E-state index in [4.69, 9.17) is 21.9 Å². The highest BCUT2D eigenvalue weighted by Gasteiger charge is 2.28. The second-order valence-electron chi connectivity index (χ2n) is 4.90. The summed E-state index contributed by atoms with van der Waals surface area (Å²) in [5, 5.41) is 3.63. The van der Waals surface area contributed by atoms with Crippen molar-refractivity contribution in [3.05, 3.63) is 63.0 Å². The molecule has 0 amide bonds. The lowest BCUT2D eigenvalue weighted by Gasteiger charge is -2.13. The third-order valence-corrected chi connectivity index (χ3v) is 3.76. The minimum atomic E-state index is -0.553. The average Bonchev–Trinajstić information content (AvgIpc) is 2.87. The van der Waals surface area contributed by atoms with E-state index in [1.165, 1.54) is 30.3 Å². The fraction of sp³-hybridized carbons (Fsp3) is 0.200. The van der Waals surface area contributed by atoms with E-state index in [0.29, 0.717) is 17.7 Å². The van der Waals surface area contributed by atoms with Crippen LogP contribution in [-0.2, 0) is 6.42 Å². The highest BCUT2D eigenvalue weighted by molar-refractivity contribution is 6.33. The minimum Gasteiger partial charge on any atom is -0.489 e. The minimum absolute atomic E-state index is 0.101. The molecule has 1 heterocycles. The Hall–Kier alpha value is -2.30. The Morgan fingerprint density at radius 3 is 2.91 bits per heavy atom. The van der Waals surface area contributed by atoms with Crippen LogP contribution >= 0.6 is 11.6 Å². The van der Waals surface area contributed by atoms with Gasteiger partial charge in [0.2, 0.25) is 0 Å². The van der Waals surface area contributed by atoms with Gasteiger partial charge in [0, 0.05) is 28.0 Å². The number of halogens is 3. The summed E-state index contributed by atoms with van der Waals surface area (Å²) in [5.74, 6) is -0.671. The van der Waals surface area contributed by atoms with Gasteiger partial charge in [0.15, 0.2) is 0 Å². The van der Waals surface area contributed by atoms with Gasteiger partial charge in [-0.15, -0.1) is 0 Å². The summed E-state index contributed by atoms with van der Waals surface area (Å²) in [6, 6.07) is 6.79. The first kappa shape index (κ1) is 14.6. The second kappa shape index (κ2) is 5.83. The quantitative estimate of drug-likeness (QED) is 0.450.